The Hall–Kier alpha value is -3.42. The van der Waals surface area contributed by atoms with Gasteiger partial charge >= 0.3 is 0 Å². The number of carbonyl (C=O) groups excluding carboxylic acids is 3. The zero-order valence-electron chi connectivity index (χ0n) is 16.2. The molecular weight excluding hydrogens is 441 g/mol. The van der Waals surface area contributed by atoms with Crippen LogP contribution in [0.25, 0.3) is 0 Å². The molecule has 156 valence electrons. The molecule has 0 bridgehead atoms. The highest BCUT2D eigenvalue weighted by Crippen LogP contribution is 2.31. The largest absolute Gasteiger partial charge is 0.326 e. The van der Waals surface area contributed by atoms with Crippen LogP contribution in [0.5, 0.6) is 0 Å². The van der Waals surface area contributed by atoms with Gasteiger partial charge in [0.1, 0.15) is 0 Å². The van der Waals surface area contributed by atoms with Crippen LogP contribution in [-0.2, 0) is 11.2 Å². The molecule has 31 heavy (non-hydrogen) atoms. The number of benzene rings is 2. The maximum Gasteiger partial charge on any atom is 0.267 e. The minimum Gasteiger partial charge on any atom is -0.326 e. The smallest absolute Gasteiger partial charge is 0.267 e. The molecule has 0 aliphatic carbocycles. The summed E-state index contributed by atoms with van der Waals surface area (Å²) in [4.78, 5) is 54.9. The average molecular weight is 456 g/mol. The monoisotopic (exact) mass is 455 g/mol. The Morgan fingerprint density at radius 1 is 0.903 bits per heavy atom. The quantitative estimate of drug-likeness (QED) is 0.581. The molecule has 1 aliphatic rings. The fourth-order valence-electron chi connectivity index (χ4n) is 3.47. The van der Waals surface area contributed by atoms with Gasteiger partial charge in [0.25, 0.3) is 17.4 Å². The topological polar surface area (TPSA) is 99.3 Å². The lowest BCUT2D eigenvalue weighted by molar-refractivity contribution is -0.115. The minimum atomic E-state index is -0.661. The Morgan fingerprint density at radius 2 is 1.45 bits per heavy atom. The molecule has 2 heterocycles. The standard InChI is InChI=1S/C22H15Cl2N3O4/c1-11-18-19(22(31)27(21(18)30)15-8-4-13(24)5-9-15)16(20(29)25-11)10-17(28)26-14-6-2-12(23)3-7-14/h2-9H,10H2,1H3,(H,25,29)(H,26,28). The highest BCUT2D eigenvalue weighted by molar-refractivity contribution is 6.35. The number of hydrogen-bond donors (Lipinski definition) is 2. The van der Waals surface area contributed by atoms with Crippen LogP contribution >= 0.6 is 23.2 Å². The van der Waals surface area contributed by atoms with Gasteiger partial charge in [-0.25, -0.2) is 4.90 Å². The second-order valence-corrected chi connectivity index (χ2v) is 7.83. The number of halogens is 2. The van der Waals surface area contributed by atoms with E-state index >= 15 is 0 Å². The van der Waals surface area contributed by atoms with Gasteiger partial charge in [-0.15, -0.1) is 0 Å². The lowest BCUT2D eigenvalue weighted by atomic mass is 10.0. The molecule has 2 N–H and O–H groups in total. The Morgan fingerprint density at radius 3 is 2.06 bits per heavy atom. The SMILES string of the molecule is Cc1[nH]c(=O)c(CC(=O)Nc2ccc(Cl)cc2)c2c1C(=O)N(c1ccc(Cl)cc1)C2=O. The molecule has 0 radical (unpaired) electrons. The summed E-state index contributed by atoms with van der Waals surface area (Å²) in [6.45, 7) is 1.54. The fraction of sp³-hybridized carbons (Fsp3) is 0.0909. The molecular formula is C22H15Cl2N3O4. The van der Waals surface area contributed by atoms with E-state index in [4.69, 9.17) is 23.2 Å². The van der Waals surface area contributed by atoms with Crippen LogP contribution in [0, 0.1) is 6.92 Å². The van der Waals surface area contributed by atoms with Gasteiger partial charge in [0, 0.05) is 27.0 Å². The summed E-state index contributed by atoms with van der Waals surface area (Å²) in [5.41, 5.74) is 0.417. The first-order chi connectivity index (χ1) is 14.8. The van der Waals surface area contributed by atoms with Crippen molar-refractivity contribution in [1.82, 2.24) is 4.98 Å². The molecule has 7 nitrogen and oxygen atoms in total. The lowest BCUT2D eigenvalue weighted by Crippen LogP contribution is -2.30. The van der Waals surface area contributed by atoms with E-state index in [1.54, 1.807) is 36.4 Å². The minimum absolute atomic E-state index is 0.0625. The van der Waals surface area contributed by atoms with Crippen molar-refractivity contribution in [1.29, 1.82) is 0 Å². The van der Waals surface area contributed by atoms with E-state index in [1.807, 2.05) is 0 Å². The molecule has 9 heteroatoms. The Bertz CT molecular complexity index is 1280. The highest BCUT2D eigenvalue weighted by Gasteiger charge is 2.41. The van der Waals surface area contributed by atoms with Crippen molar-refractivity contribution < 1.29 is 14.4 Å². The lowest BCUT2D eigenvalue weighted by Gasteiger charge is -2.13. The molecule has 3 amide bonds. The summed E-state index contributed by atoms with van der Waals surface area (Å²) in [6, 6.07) is 12.6. The zero-order valence-corrected chi connectivity index (χ0v) is 17.7. The van der Waals surface area contributed by atoms with E-state index in [-0.39, 0.29) is 28.8 Å². The van der Waals surface area contributed by atoms with Gasteiger partial charge in [-0.3, -0.25) is 19.2 Å². The number of aromatic amines is 1. The van der Waals surface area contributed by atoms with Crippen molar-refractivity contribution in [3.05, 3.63) is 91.3 Å². The van der Waals surface area contributed by atoms with Gasteiger partial charge in [-0.2, -0.15) is 0 Å². The number of carbonyl (C=O) groups is 3. The van der Waals surface area contributed by atoms with Crippen LogP contribution in [0.3, 0.4) is 0 Å². The normalized spacial score (nSPS) is 12.8. The molecule has 0 saturated heterocycles. The number of H-pyrrole nitrogens is 1. The third kappa shape index (κ3) is 3.85. The van der Waals surface area contributed by atoms with Crippen molar-refractivity contribution in [2.75, 3.05) is 10.2 Å². The molecule has 4 rings (SSSR count). The van der Waals surface area contributed by atoms with Crippen molar-refractivity contribution in [2.45, 2.75) is 13.3 Å². The molecule has 1 aliphatic heterocycles. The molecule has 1 aromatic heterocycles. The number of fused-ring (bicyclic) bond motifs is 1. The number of nitrogens with one attached hydrogen (secondary N) is 2. The number of aryl methyl sites for hydroxylation is 1. The maximum absolute atomic E-state index is 13.2. The van der Waals surface area contributed by atoms with Crippen LogP contribution in [0.1, 0.15) is 32.0 Å². The molecule has 0 saturated carbocycles. The first-order valence-corrected chi connectivity index (χ1v) is 9.97. The van der Waals surface area contributed by atoms with E-state index in [2.05, 4.69) is 10.3 Å². The van der Waals surface area contributed by atoms with E-state index in [0.717, 1.165) is 4.90 Å². The van der Waals surface area contributed by atoms with Gasteiger partial charge in [-0.05, 0) is 55.5 Å². The van der Waals surface area contributed by atoms with E-state index in [9.17, 15) is 19.2 Å². The van der Waals surface area contributed by atoms with Gasteiger partial charge in [-0.1, -0.05) is 23.2 Å². The zero-order chi connectivity index (χ0) is 22.3. The molecule has 3 aromatic rings. The van der Waals surface area contributed by atoms with Crippen LogP contribution in [0.2, 0.25) is 10.0 Å². The number of aromatic nitrogens is 1. The fourth-order valence-corrected chi connectivity index (χ4v) is 3.72. The Labute approximate surface area is 186 Å². The third-order valence-electron chi connectivity index (χ3n) is 4.89. The van der Waals surface area contributed by atoms with Crippen LogP contribution in [-0.4, -0.2) is 22.7 Å². The molecule has 0 spiro atoms. The first-order valence-electron chi connectivity index (χ1n) is 9.22. The predicted octanol–water partition coefficient (Wildman–Crippen LogP) is 3.97. The van der Waals surface area contributed by atoms with Gasteiger partial charge in [0.15, 0.2) is 0 Å². The van der Waals surface area contributed by atoms with E-state index in [1.165, 1.54) is 19.1 Å². The van der Waals surface area contributed by atoms with Crippen LogP contribution in [0.4, 0.5) is 11.4 Å². The predicted molar refractivity (Wildman–Crippen MR) is 118 cm³/mol. The molecule has 0 unspecified atom stereocenters. The van der Waals surface area contributed by atoms with Gasteiger partial charge in [0.2, 0.25) is 5.91 Å². The molecule has 2 aromatic carbocycles. The van der Waals surface area contributed by atoms with Crippen molar-refractivity contribution in [3.8, 4) is 0 Å². The number of pyridine rings is 1. The van der Waals surface area contributed by atoms with Crippen LogP contribution in [0.15, 0.2) is 53.3 Å². The first kappa shape index (κ1) is 20.8. The van der Waals surface area contributed by atoms with Gasteiger partial charge in [0.05, 0.1) is 23.2 Å². The number of hydrogen-bond acceptors (Lipinski definition) is 4. The summed E-state index contributed by atoms with van der Waals surface area (Å²) in [7, 11) is 0. The second-order valence-electron chi connectivity index (χ2n) is 6.96. The van der Waals surface area contributed by atoms with Crippen molar-refractivity contribution >= 4 is 52.3 Å². The second kappa shape index (κ2) is 8.02. The number of imide groups is 1. The van der Waals surface area contributed by atoms with Crippen molar-refractivity contribution in [2.24, 2.45) is 0 Å². The number of amides is 3. The van der Waals surface area contributed by atoms with Crippen molar-refractivity contribution in [3.63, 3.8) is 0 Å². The average Bonchev–Trinajstić information content (AvgIpc) is 2.98. The maximum atomic E-state index is 13.2. The number of nitrogens with zero attached hydrogens (tertiary/aromatic N) is 1. The summed E-state index contributed by atoms with van der Waals surface area (Å²) in [5, 5.41) is 3.61. The Balaban J connectivity index is 1.71. The summed E-state index contributed by atoms with van der Waals surface area (Å²) < 4.78 is 0. The van der Waals surface area contributed by atoms with E-state index in [0.29, 0.717) is 21.4 Å². The number of rotatable bonds is 4. The highest BCUT2D eigenvalue weighted by atomic mass is 35.5. The Kier molecular flexibility index (Phi) is 5.39. The number of anilines is 2. The summed E-state index contributed by atoms with van der Waals surface area (Å²) in [6.07, 6.45) is -0.381. The molecule has 0 fully saturated rings. The summed E-state index contributed by atoms with van der Waals surface area (Å²) in [5.74, 6) is -1.75. The third-order valence-corrected chi connectivity index (χ3v) is 5.39. The molecule has 0 atom stereocenters. The van der Waals surface area contributed by atoms with Gasteiger partial charge < -0.3 is 10.3 Å². The van der Waals surface area contributed by atoms with E-state index < -0.39 is 23.3 Å². The van der Waals surface area contributed by atoms with Crippen LogP contribution < -0.4 is 15.8 Å². The summed E-state index contributed by atoms with van der Waals surface area (Å²) >= 11 is 11.7.